The van der Waals surface area contributed by atoms with Gasteiger partial charge in [0.05, 0.1) is 28.0 Å². The van der Waals surface area contributed by atoms with Gasteiger partial charge in [-0.3, -0.25) is 15.0 Å². The molecule has 0 aliphatic carbocycles. The molecule has 0 aliphatic rings. The van der Waals surface area contributed by atoms with Crippen molar-refractivity contribution in [3.8, 4) is 0 Å². The molecule has 3 aromatic heterocycles. The van der Waals surface area contributed by atoms with Crippen molar-refractivity contribution < 1.29 is 19.1 Å². The van der Waals surface area contributed by atoms with E-state index in [2.05, 4.69) is 20.3 Å². The first-order valence-electron chi connectivity index (χ1n) is 12.5. The molecular formula is C29H27N5O4S. The lowest BCUT2D eigenvalue weighted by molar-refractivity contribution is 0.0938. The van der Waals surface area contributed by atoms with Crippen molar-refractivity contribution in [3.63, 3.8) is 0 Å². The summed E-state index contributed by atoms with van der Waals surface area (Å²) in [5.74, 6) is 0. The number of amides is 2. The van der Waals surface area contributed by atoms with Crippen molar-refractivity contribution in [2.45, 2.75) is 26.2 Å². The third kappa shape index (κ3) is 7.26. The van der Waals surface area contributed by atoms with Gasteiger partial charge >= 0.3 is 12.2 Å². The molecule has 198 valence electrons. The fraction of sp³-hybridized carbons (Fsp3) is 0.207. The Labute approximate surface area is 229 Å². The Morgan fingerprint density at radius 1 is 0.846 bits per heavy atom. The number of fused-ring (bicyclic) bond motifs is 2. The molecule has 10 heteroatoms. The SMILES string of the molecule is O=C(NCCCN(Cc1cnc2ccccc2c1)C(=O)OCc1cncs1)OCc1cnc2ccccc2c1. The summed E-state index contributed by atoms with van der Waals surface area (Å²) in [5.41, 5.74) is 5.17. The van der Waals surface area contributed by atoms with Crippen molar-refractivity contribution in [3.05, 3.63) is 101 Å². The summed E-state index contributed by atoms with van der Waals surface area (Å²) in [6, 6.07) is 19.6. The maximum absolute atomic E-state index is 12.9. The lowest BCUT2D eigenvalue weighted by Crippen LogP contribution is -2.34. The Hall–Kier alpha value is -4.57. The first-order valence-corrected chi connectivity index (χ1v) is 13.4. The Morgan fingerprint density at radius 3 is 2.26 bits per heavy atom. The molecule has 0 saturated heterocycles. The molecule has 0 aliphatic heterocycles. The van der Waals surface area contributed by atoms with Crippen LogP contribution in [0, 0.1) is 0 Å². The molecule has 39 heavy (non-hydrogen) atoms. The minimum Gasteiger partial charge on any atom is -0.445 e. The molecule has 0 atom stereocenters. The van der Waals surface area contributed by atoms with Gasteiger partial charge in [0.15, 0.2) is 0 Å². The van der Waals surface area contributed by atoms with E-state index < -0.39 is 12.2 Å². The van der Waals surface area contributed by atoms with Crippen LogP contribution in [0.3, 0.4) is 0 Å². The molecule has 0 fully saturated rings. The molecule has 0 unspecified atom stereocenters. The van der Waals surface area contributed by atoms with Crippen LogP contribution in [0.1, 0.15) is 22.4 Å². The van der Waals surface area contributed by atoms with E-state index in [4.69, 9.17) is 9.47 Å². The van der Waals surface area contributed by atoms with Gasteiger partial charge in [0.25, 0.3) is 0 Å². The van der Waals surface area contributed by atoms with E-state index in [9.17, 15) is 9.59 Å². The standard InChI is InChI=1S/C29H27N5O4S/c35-28(37-18-22-13-24-7-2-4-9-27(24)33-15-22)31-10-5-11-34(29(36)38-19-25-16-30-20-39-25)17-21-12-23-6-1-3-8-26(23)32-14-21/h1-4,6-9,12-16,20H,5,10-11,17-19H2,(H,31,35). The number of carbonyl (C=O) groups is 2. The molecule has 0 saturated carbocycles. The Bertz CT molecular complexity index is 1560. The van der Waals surface area contributed by atoms with Crippen LogP contribution < -0.4 is 5.32 Å². The number of rotatable bonds is 10. The highest BCUT2D eigenvalue weighted by atomic mass is 32.1. The van der Waals surface area contributed by atoms with E-state index >= 15 is 0 Å². The summed E-state index contributed by atoms with van der Waals surface area (Å²) in [6.45, 7) is 1.32. The molecule has 0 bridgehead atoms. The number of para-hydroxylation sites is 2. The second-order valence-corrected chi connectivity index (χ2v) is 9.84. The monoisotopic (exact) mass is 541 g/mol. The van der Waals surface area contributed by atoms with E-state index in [-0.39, 0.29) is 13.2 Å². The summed E-state index contributed by atoms with van der Waals surface area (Å²) >= 11 is 1.43. The normalized spacial score (nSPS) is 10.9. The van der Waals surface area contributed by atoms with Gasteiger partial charge < -0.3 is 19.7 Å². The number of nitrogens with zero attached hydrogens (tertiary/aromatic N) is 4. The smallest absolute Gasteiger partial charge is 0.410 e. The molecule has 3 heterocycles. The number of thiazole rings is 1. The number of hydrogen-bond donors (Lipinski definition) is 1. The molecular weight excluding hydrogens is 514 g/mol. The highest BCUT2D eigenvalue weighted by molar-refractivity contribution is 7.09. The zero-order chi connectivity index (χ0) is 26.9. The van der Waals surface area contributed by atoms with Crippen molar-refractivity contribution in [2.24, 2.45) is 0 Å². The van der Waals surface area contributed by atoms with E-state index in [1.165, 1.54) is 11.3 Å². The first kappa shape index (κ1) is 26.1. The van der Waals surface area contributed by atoms with Gasteiger partial charge in [0, 0.05) is 48.0 Å². The minimum atomic E-state index is -0.527. The van der Waals surface area contributed by atoms with E-state index in [1.54, 1.807) is 29.0 Å². The molecule has 1 N–H and O–H groups in total. The minimum absolute atomic E-state index is 0.120. The number of pyridine rings is 2. The van der Waals surface area contributed by atoms with E-state index in [0.29, 0.717) is 26.1 Å². The lowest BCUT2D eigenvalue weighted by Gasteiger charge is -2.22. The van der Waals surface area contributed by atoms with Crippen LogP contribution in [0.2, 0.25) is 0 Å². The molecule has 2 aromatic carbocycles. The second-order valence-electron chi connectivity index (χ2n) is 8.87. The quantitative estimate of drug-likeness (QED) is 0.226. The summed E-state index contributed by atoms with van der Waals surface area (Å²) in [7, 11) is 0. The average molecular weight is 542 g/mol. The molecule has 0 spiro atoms. The molecule has 5 rings (SSSR count). The summed E-state index contributed by atoms with van der Waals surface area (Å²) < 4.78 is 10.9. The largest absolute Gasteiger partial charge is 0.445 e. The van der Waals surface area contributed by atoms with Gasteiger partial charge in [-0.25, -0.2) is 9.59 Å². The summed E-state index contributed by atoms with van der Waals surface area (Å²) in [6.07, 6.45) is 4.70. The predicted octanol–water partition coefficient (Wildman–Crippen LogP) is 5.69. The Kier molecular flexibility index (Phi) is 8.54. The number of aromatic nitrogens is 3. The fourth-order valence-electron chi connectivity index (χ4n) is 4.05. The van der Waals surface area contributed by atoms with Crippen molar-refractivity contribution in [1.82, 2.24) is 25.2 Å². The second kappa shape index (κ2) is 12.8. The third-order valence-corrected chi connectivity index (χ3v) is 6.74. The van der Waals surface area contributed by atoms with Crippen LogP contribution in [0.5, 0.6) is 0 Å². The number of nitrogens with one attached hydrogen (secondary N) is 1. The summed E-state index contributed by atoms with van der Waals surface area (Å²) in [5, 5.41) is 4.74. The topological polar surface area (TPSA) is 107 Å². The van der Waals surface area contributed by atoms with Crippen molar-refractivity contribution in [2.75, 3.05) is 13.1 Å². The van der Waals surface area contributed by atoms with Gasteiger partial charge in [-0.05, 0) is 36.2 Å². The van der Waals surface area contributed by atoms with Crippen LogP contribution in [-0.4, -0.2) is 45.1 Å². The van der Waals surface area contributed by atoms with Crippen LogP contribution in [0.15, 0.2) is 84.8 Å². The van der Waals surface area contributed by atoms with Crippen LogP contribution in [0.4, 0.5) is 9.59 Å². The molecule has 2 amide bonds. The average Bonchev–Trinajstić information content (AvgIpc) is 3.50. The van der Waals surface area contributed by atoms with Gasteiger partial charge in [-0.2, -0.15) is 0 Å². The summed E-state index contributed by atoms with van der Waals surface area (Å²) in [4.78, 5) is 40.5. The van der Waals surface area contributed by atoms with Gasteiger partial charge in [0.2, 0.25) is 0 Å². The van der Waals surface area contributed by atoms with E-state index in [0.717, 1.165) is 37.8 Å². The highest BCUT2D eigenvalue weighted by Gasteiger charge is 2.17. The number of benzene rings is 2. The van der Waals surface area contributed by atoms with Crippen LogP contribution >= 0.6 is 11.3 Å². The van der Waals surface area contributed by atoms with E-state index in [1.807, 2.05) is 60.7 Å². The van der Waals surface area contributed by atoms with Crippen molar-refractivity contribution >= 4 is 45.3 Å². The molecule has 5 aromatic rings. The fourth-order valence-corrected chi connectivity index (χ4v) is 4.56. The van der Waals surface area contributed by atoms with Crippen LogP contribution in [0.25, 0.3) is 21.8 Å². The van der Waals surface area contributed by atoms with Gasteiger partial charge in [-0.15, -0.1) is 11.3 Å². The first-order chi connectivity index (χ1) is 19.1. The van der Waals surface area contributed by atoms with Crippen molar-refractivity contribution in [1.29, 1.82) is 0 Å². The molecule has 0 radical (unpaired) electrons. The molecule has 9 nitrogen and oxygen atoms in total. The highest BCUT2D eigenvalue weighted by Crippen LogP contribution is 2.16. The Morgan fingerprint density at radius 2 is 1.54 bits per heavy atom. The van der Waals surface area contributed by atoms with Crippen LogP contribution in [-0.2, 0) is 29.2 Å². The van der Waals surface area contributed by atoms with Gasteiger partial charge in [0.1, 0.15) is 13.2 Å². The third-order valence-electron chi connectivity index (χ3n) is 5.99. The van der Waals surface area contributed by atoms with Gasteiger partial charge in [-0.1, -0.05) is 36.4 Å². The zero-order valence-electron chi connectivity index (χ0n) is 21.2. The lowest BCUT2D eigenvalue weighted by atomic mass is 10.1. The predicted molar refractivity (Wildman–Crippen MR) is 149 cm³/mol. The number of carbonyl (C=O) groups excluding carboxylic acids is 2. The Balaban J connectivity index is 1.13. The number of ether oxygens (including phenoxy) is 2. The number of hydrogen-bond acceptors (Lipinski definition) is 8. The maximum atomic E-state index is 12.9. The zero-order valence-corrected chi connectivity index (χ0v) is 22.0. The maximum Gasteiger partial charge on any atom is 0.410 e. The number of alkyl carbamates (subject to hydrolysis) is 1.